The summed E-state index contributed by atoms with van der Waals surface area (Å²) in [5.74, 6) is 0.571. The highest BCUT2D eigenvalue weighted by Crippen LogP contribution is 2.17. The summed E-state index contributed by atoms with van der Waals surface area (Å²) in [5.41, 5.74) is 0. The molecule has 4 N–H and O–H groups in total. The molecule has 19 heavy (non-hydrogen) atoms. The second kappa shape index (κ2) is 9.76. The van der Waals surface area contributed by atoms with Gasteiger partial charge in [-0.05, 0) is 19.8 Å². The number of hydrogen-bond donors (Lipinski definition) is 3. The van der Waals surface area contributed by atoms with Crippen LogP contribution in [-0.2, 0) is 10.0 Å². The number of aliphatic imine (C=N–C) groups is 1. The molecule has 0 aromatic heterocycles. The Bertz CT molecular complexity index is 367. The molecule has 0 saturated heterocycles. The van der Waals surface area contributed by atoms with Crippen molar-refractivity contribution in [2.75, 3.05) is 18.8 Å². The Hall–Kier alpha value is -0.0900. The monoisotopic (exact) mass is 404 g/mol. The standard InChI is InChI=1S/C11H24N4O2S.HI/c1-2-13-11(14-8-9-18(12,16)17)15-10-6-4-3-5-7-10;/h10H,2-9H2,1H3,(H2,12,16,17)(H2,13,14,15);1H. The van der Waals surface area contributed by atoms with Gasteiger partial charge in [0.2, 0.25) is 10.0 Å². The quantitative estimate of drug-likeness (QED) is 0.359. The number of sulfonamides is 1. The van der Waals surface area contributed by atoms with Crippen molar-refractivity contribution < 1.29 is 8.42 Å². The van der Waals surface area contributed by atoms with Gasteiger partial charge in [-0.3, -0.25) is 4.99 Å². The van der Waals surface area contributed by atoms with Crippen LogP contribution in [0.1, 0.15) is 39.0 Å². The highest BCUT2D eigenvalue weighted by atomic mass is 127. The fourth-order valence-corrected chi connectivity index (χ4v) is 2.39. The third-order valence-electron chi connectivity index (χ3n) is 2.94. The SMILES string of the molecule is CCNC(=NCCS(N)(=O)=O)NC1CCCCC1.I. The van der Waals surface area contributed by atoms with Gasteiger partial charge in [-0.15, -0.1) is 24.0 Å². The van der Waals surface area contributed by atoms with Crippen molar-refractivity contribution in [3.63, 3.8) is 0 Å². The van der Waals surface area contributed by atoms with E-state index in [0.29, 0.717) is 12.0 Å². The number of nitrogens with one attached hydrogen (secondary N) is 2. The van der Waals surface area contributed by atoms with Crippen molar-refractivity contribution in [1.29, 1.82) is 0 Å². The van der Waals surface area contributed by atoms with E-state index in [1.165, 1.54) is 19.3 Å². The highest BCUT2D eigenvalue weighted by Gasteiger charge is 2.14. The molecule has 1 rings (SSSR count). The fourth-order valence-electron chi connectivity index (χ4n) is 2.04. The summed E-state index contributed by atoms with van der Waals surface area (Å²) in [4.78, 5) is 4.23. The number of guanidine groups is 1. The zero-order chi connectivity index (χ0) is 13.4. The van der Waals surface area contributed by atoms with E-state index >= 15 is 0 Å². The Labute approximate surface area is 133 Å². The molecule has 0 radical (unpaired) electrons. The van der Waals surface area contributed by atoms with E-state index in [1.54, 1.807) is 0 Å². The van der Waals surface area contributed by atoms with Crippen molar-refractivity contribution in [2.45, 2.75) is 45.1 Å². The maximum Gasteiger partial charge on any atom is 0.210 e. The molecule has 0 aliphatic heterocycles. The van der Waals surface area contributed by atoms with Crippen LogP contribution < -0.4 is 15.8 Å². The molecule has 1 aliphatic rings. The molecule has 1 saturated carbocycles. The molecule has 1 aliphatic carbocycles. The minimum absolute atomic E-state index is 0. The Morgan fingerprint density at radius 2 is 1.95 bits per heavy atom. The second-order valence-corrected chi connectivity index (χ2v) is 6.34. The first-order valence-electron chi connectivity index (χ1n) is 6.56. The summed E-state index contributed by atoms with van der Waals surface area (Å²) in [6.45, 7) is 2.94. The van der Waals surface area contributed by atoms with Gasteiger partial charge in [-0.2, -0.15) is 0 Å². The minimum Gasteiger partial charge on any atom is -0.357 e. The van der Waals surface area contributed by atoms with E-state index < -0.39 is 10.0 Å². The molecule has 8 heteroatoms. The van der Waals surface area contributed by atoms with Crippen molar-refractivity contribution in [1.82, 2.24) is 10.6 Å². The number of nitrogens with two attached hydrogens (primary N) is 1. The van der Waals surface area contributed by atoms with E-state index in [0.717, 1.165) is 19.4 Å². The van der Waals surface area contributed by atoms with Gasteiger partial charge in [0.15, 0.2) is 5.96 Å². The van der Waals surface area contributed by atoms with Crippen LogP contribution in [0.2, 0.25) is 0 Å². The molecule has 0 aromatic carbocycles. The van der Waals surface area contributed by atoms with Crippen LogP contribution in [-0.4, -0.2) is 39.3 Å². The lowest BCUT2D eigenvalue weighted by Gasteiger charge is -2.24. The lowest BCUT2D eigenvalue weighted by Crippen LogP contribution is -2.44. The lowest BCUT2D eigenvalue weighted by molar-refractivity contribution is 0.410. The first kappa shape index (κ1) is 18.9. The maximum absolute atomic E-state index is 10.8. The van der Waals surface area contributed by atoms with Gasteiger partial charge in [-0.1, -0.05) is 19.3 Å². The summed E-state index contributed by atoms with van der Waals surface area (Å²) in [5, 5.41) is 11.4. The molecular formula is C11H25IN4O2S. The lowest BCUT2D eigenvalue weighted by atomic mass is 9.96. The number of halogens is 1. The molecule has 0 bridgehead atoms. The van der Waals surface area contributed by atoms with E-state index in [4.69, 9.17) is 5.14 Å². The van der Waals surface area contributed by atoms with Crippen LogP contribution in [0.3, 0.4) is 0 Å². The Morgan fingerprint density at radius 1 is 1.32 bits per heavy atom. The molecule has 1 fully saturated rings. The zero-order valence-corrected chi connectivity index (χ0v) is 14.5. The fraction of sp³-hybridized carbons (Fsp3) is 0.909. The summed E-state index contributed by atoms with van der Waals surface area (Å²) < 4.78 is 21.7. The second-order valence-electron chi connectivity index (χ2n) is 4.61. The van der Waals surface area contributed by atoms with Gasteiger partial charge in [0, 0.05) is 12.6 Å². The van der Waals surface area contributed by atoms with Crippen molar-refractivity contribution in [3.05, 3.63) is 0 Å². The normalized spacial score (nSPS) is 17.7. The third kappa shape index (κ3) is 9.44. The first-order valence-corrected chi connectivity index (χ1v) is 8.28. The van der Waals surface area contributed by atoms with E-state index in [-0.39, 0.29) is 36.3 Å². The summed E-state index contributed by atoms with van der Waals surface area (Å²) >= 11 is 0. The maximum atomic E-state index is 10.8. The van der Waals surface area contributed by atoms with E-state index in [9.17, 15) is 8.42 Å². The molecule has 0 amide bonds. The highest BCUT2D eigenvalue weighted by molar-refractivity contribution is 14.0. The Morgan fingerprint density at radius 3 is 2.47 bits per heavy atom. The largest absolute Gasteiger partial charge is 0.357 e. The zero-order valence-electron chi connectivity index (χ0n) is 11.4. The molecule has 0 atom stereocenters. The van der Waals surface area contributed by atoms with Crippen molar-refractivity contribution >= 4 is 40.0 Å². The van der Waals surface area contributed by atoms with Crippen LogP contribution in [0.25, 0.3) is 0 Å². The predicted octanol–water partition coefficient (Wildman–Crippen LogP) is 0.781. The first-order chi connectivity index (χ1) is 8.51. The van der Waals surface area contributed by atoms with Gasteiger partial charge >= 0.3 is 0 Å². The average molecular weight is 404 g/mol. The topological polar surface area (TPSA) is 96.6 Å². The molecule has 0 spiro atoms. The molecule has 0 aromatic rings. The molecule has 0 unspecified atom stereocenters. The molecule has 0 heterocycles. The van der Waals surface area contributed by atoms with Crippen molar-refractivity contribution in [3.8, 4) is 0 Å². The molecular weight excluding hydrogens is 379 g/mol. The van der Waals surface area contributed by atoms with Gasteiger partial charge in [0.05, 0.1) is 12.3 Å². The van der Waals surface area contributed by atoms with Crippen LogP contribution in [0, 0.1) is 0 Å². The molecule has 6 nitrogen and oxygen atoms in total. The van der Waals surface area contributed by atoms with Gasteiger partial charge in [0.1, 0.15) is 0 Å². The summed E-state index contributed by atoms with van der Waals surface area (Å²) in [7, 11) is -3.43. The summed E-state index contributed by atoms with van der Waals surface area (Å²) in [6.07, 6.45) is 6.10. The Kier molecular flexibility index (Phi) is 9.71. The third-order valence-corrected chi connectivity index (χ3v) is 3.69. The number of nitrogens with zero attached hydrogens (tertiary/aromatic N) is 1. The van der Waals surface area contributed by atoms with E-state index in [2.05, 4.69) is 15.6 Å². The smallest absolute Gasteiger partial charge is 0.210 e. The van der Waals surface area contributed by atoms with Crippen LogP contribution >= 0.6 is 24.0 Å². The number of hydrogen-bond acceptors (Lipinski definition) is 3. The number of primary sulfonamides is 1. The van der Waals surface area contributed by atoms with E-state index in [1.807, 2.05) is 6.92 Å². The van der Waals surface area contributed by atoms with Crippen LogP contribution in [0.4, 0.5) is 0 Å². The van der Waals surface area contributed by atoms with Gasteiger partial charge in [0.25, 0.3) is 0 Å². The minimum atomic E-state index is -3.43. The van der Waals surface area contributed by atoms with Crippen LogP contribution in [0.15, 0.2) is 4.99 Å². The van der Waals surface area contributed by atoms with Gasteiger partial charge in [-0.25, -0.2) is 13.6 Å². The summed E-state index contributed by atoms with van der Waals surface area (Å²) in [6, 6.07) is 0.450. The average Bonchev–Trinajstić information content (AvgIpc) is 2.29. The van der Waals surface area contributed by atoms with Crippen molar-refractivity contribution in [2.24, 2.45) is 10.1 Å². The van der Waals surface area contributed by atoms with Crippen LogP contribution in [0.5, 0.6) is 0 Å². The Balaban J connectivity index is 0.00000324. The predicted molar refractivity (Wildman–Crippen MR) is 89.4 cm³/mol. The number of rotatable bonds is 5. The van der Waals surface area contributed by atoms with Gasteiger partial charge < -0.3 is 10.6 Å². The molecule has 114 valence electrons.